The lowest BCUT2D eigenvalue weighted by Gasteiger charge is -2.16. The average Bonchev–Trinajstić information content (AvgIpc) is 2.23. The topological polar surface area (TPSA) is 27.6 Å². The van der Waals surface area contributed by atoms with Crippen LogP contribution in [0.4, 0.5) is 0 Å². The Kier molecular flexibility index (Phi) is 8.42. The van der Waals surface area contributed by atoms with Crippen LogP contribution in [0.5, 0.6) is 0 Å². The van der Waals surface area contributed by atoms with Crippen LogP contribution in [-0.2, 0) is 0 Å². The van der Waals surface area contributed by atoms with Gasteiger partial charge in [0.05, 0.1) is 0 Å². The third kappa shape index (κ3) is 8.69. The molecule has 0 aromatic rings. The van der Waals surface area contributed by atoms with E-state index in [-0.39, 0.29) is 0 Å². The highest BCUT2D eigenvalue weighted by Gasteiger charge is 2.00. The molecular weight excluding hydrogens is 210 g/mol. The van der Waals surface area contributed by atoms with Gasteiger partial charge in [-0.2, -0.15) is 0 Å². The maximum absolute atomic E-state index is 4.44. The second-order valence-corrected chi connectivity index (χ2v) is 4.70. The van der Waals surface area contributed by atoms with Crippen molar-refractivity contribution < 1.29 is 0 Å². The van der Waals surface area contributed by atoms with Crippen LogP contribution in [-0.4, -0.2) is 31.8 Å². The number of hydrogen-bond donors (Lipinski definition) is 1. The van der Waals surface area contributed by atoms with Crippen LogP contribution in [0.1, 0.15) is 34.1 Å². The molecule has 0 aliphatic rings. The van der Waals surface area contributed by atoms with Crippen LogP contribution in [0.2, 0.25) is 0 Å². The molecule has 0 aromatic heterocycles. The van der Waals surface area contributed by atoms with Gasteiger partial charge in [0, 0.05) is 18.5 Å². The Bertz CT molecular complexity index is 286. The predicted molar refractivity (Wildman–Crippen MR) is 77.2 cm³/mol. The standard InChI is InChI=1S/C14H27N3/c1-7-9-13(11-17(5)6)16-14(8-2)15-10-12(3)4/h8-10,12,16H,7,11H2,1-6H3/b13-9+,14-8+,15-10?. The minimum absolute atomic E-state index is 0.471. The molecule has 17 heavy (non-hydrogen) atoms. The Labute approximate surface area is 106 Å². The number of nitrogens with one attached hydrogen (secondary N) is 1. The number of nitrogens with zero attached hydrogens (tertiary/aromatic N) is 2. The molecule has 0 spiro atoms. The normalized spacial score (nSPS) is 14.1. The second-order valence-electron chi connectivity index (χ2n) is 4.70. The van der Waals surface area contributed by atoms with Crippen molar-refractivity contribution in [2.45, 2.75) is 34.1 Å². The molecule has 0 saturated heterocycles. The fraction of sp³-hybridized carbons (Fsp3) is 0.643. The molecule has 3 heteroatoms. The van der Waals surface area contributed by atoms with E-state index in [1.54, 1.807) is 0 Å². The molecule has 1 N–H and O–H groups in total. The largest absolute Gasteiger partial charge is 0.343 e. The fourth-order valence-electron chi connectivity index (χ4n) is 1.32. The van der Waals surface area contributed by atoms with Crippen molar-refractivity contribution in [1.82, 2.24) is 10.2 Å². The molecule has 0 radical (unpaired) electrons. The maximum Gasteiger partial charge on any atom is 0.125 e. The first kappa shape index (κ1) is 15.9. The summed E-state index contributed by atoms with van der Waals surface area (Å²) in [7, 11) is 4.13. The average molecular weight is 237 g/mol. The molecule has 0 atom stereocenters. The van der Waals surface area contributed by atoms with Crippen molar-refractivity contribution in [1.29, 1.82) is 0 Å². The van der Waals surface area contributed by atoms with E-state index in [2.05, 4.69) is 56.2 Å². The number of aliphatic imine (C=N–C) groups is 1. The molecule has 3 nitrogen and oxygen atoms in total. The smallest absolute Gasteiger partial charge is 0.125 e. The van der Waals surface area contributed by atoms with E-state index in [0.717, 1.165) is 18.8 Å². The lowest BCUT2D eigenvalue weighted by Crippen LogP contribution is -2.24. The van der Waals surface area contributed by atoms with E-state index in [4.69, 9.17) is 0 Å². The third-order valence-corrected chi connectivity index (χ3v) is 2.01. The number of rotatable bonds is 7. The van der Waals surface area contributed by atoms with Crippen LogP contribution in [0.25, 0.3) is 0 Å². The summed E-state index contributed by atoms with van der Waals surface area (Å²) in [6, 6.07) is 0. The highest BCUT2D eigenvalue weighted by molar-refractivity contribution is 5.61. The van der Waals surface area contributed by atoms with E-state index in [0.29, 0.717) is 5.92 Å². The van der Waals surface area contributed by atoms with Gasteiger partial charge in [-0.1, -0.05) is 26.8 Å². The summed E-state index contributed by atoms with van der Waals surface area (Å²) in [6.07, 6.45) is 7.19. The van der Waals surface area contributed by atoms with Gasteiger partial charge < -0.3 is 10.2 Å². The van der Waals surface area contributed by atoms with Crippen LogP contribution >= 0.6 is 0 Å². The summed E-state index contributed by atoms with van der Waals surface area (Å²) in [6.45, 7) is 9.30. The van der Waals surface area contributed by atoms with E-state index in [1.165, 1.54) is 5.70 Å². The lowest BCUT2D eigenvalue weighted by atomic mass is 10.2. The van der Waals surface area contributed by atoms with Gasteiger partial charge in [-0.25, -0.2) is 4.99 Å². The van der Waals surface area contributed by atoms with Crippen molar-refractivity contribution in [3.63, 3.8) is 0 Å². The summed E-state index contributed by atoms with van der Waals surface area (Å²) in [4.78, 5) is 6.58. The highest BCUT2D eigenvalue weighted by atomic mass is 15.1. The minimum atomic E-state index is 0.471. The van der Waals surface area contributed by atoms with Gasteiger partial charge in [0.1, 0.15) is 5.82 Å². The minimum Gasteiger partial charge on any atom is -0.343 e. The molecule has 0 aromatic carbocycles. The number of hydrogen-bond acceptors (Lipinski definition) is 3. The predicted octanol–water partition coefficient (Wildman–Crippen LogP) is 3.02. The van der Waals surface area contributed by atoms with Gasteiger partial charge in [0.15, 0.2) is 0 Å². The van der Waals surface area contributed by atoms with Gasteiger partial charge >= 0.3 is 0 Å². The second kappa shape index (κ2) is 8.99. The van der Waals surface area contributed by atoms with Crippen molar-refractivity contribution >= 4 is 6.21 Å². The SMILES string of the molecule is C/C=C(\N=CC(C)C)N/C(=C/CC)CN(C)C. The molecule has 0 bridgehead atoms. The van der Waals surface area contributed by atoms with Crippen LogP contribution in [0.3, 0.4) is 0 Å². The molecule has 0 saturated carbocycles. The third-order valence-electron chi connectivity index (χ3n) is 2.01. The van der Waals surface area contributed by atoms with E-state index in [9.17, 15) is 0 Å². The molecule has 0 aliphatic heterocycles. The van der Waals surface area contributed by atoms with Gasteiger partial charge in [-0.05, 0) is 39.4 Å². The zero-order valence-electron chi connectivity index (χ0n) is 12.1. The van der Waals surface area contributed by atoms with Crippen LogP contribution < -0.4 is 5.32 Å². The molecule has 0 aliphatic carbocycles. The number of likely N-dealkylation sites (N-methyl/N-ethyl adjacent to an activating group) is 1. The molecule has 0 rings (SSSR count). The quantitative estimate of drug-likeness (QED) is 0.689. The van der Waals surface area contributed by atoms with Crippen molar-refractivity contribution in [3.05, 3.63) is 23.7 Å². The Morgan fingerprint density at radius 1 is 1.35 bits per heavy atom. The first-order valence-corrected chi connectivity index (χ1v) is 6.30. The Morgan fingerprint density at radius 3 is 2.41 bits per heavy atom. The fourth-order valence-corrected chi connectivity index (χ4v) is 1.32. The van der Waals surface area contributed by atoms with E-state index >= 15 is 0 Å². The van der Waals surface area contributed by atoms with Gasteiger partial charge in [-0.15, -0.1) is 0 Å². The molecule has 0 unspecified atom stereocenters. The van der Waals surface area contributed by atoms with E-state index < -0.39 is 0 Å². The summed E-state index contributed by atoms with van der Waals surface area (Å²) >= 11 is 0. The monoisotopic (exact) mass is 237 g/mol. The van der Waals surface area contributed by atoms with Crippen LogP contribution in [0, 0.1) is 5.92 Å². The van der Waals surface area contributed by atoms with Crippen LogP contribution in [0.15, 0.2) is 28.7 Å². The molecule has 0 fully saturated rings. The van der Waals surface area contributed by atoms with Crippen molar-refractivity contribution in [3.8, 4) is 0 Å². The number of allylic oxidation sites excluding steroid dienone is 2. The Morgan fingerprint density at radius 2 is 2.00 bits per heavy atom. The van der Waals surface area contributed by atoms with Gasteiger partial charge in [-0.3, -0.25) is 0 Å². The Balaban J connectivity index is 4.56. The Hall–Kier alpha value is -1.09. The first-order chi connectivity index (χ1) is 7.99. The lowest BCUT2D eigenvalue weighted by molar-refractivity contribution is 0.435. The van der Waals surface area contributed by atoms with Gasteiger partial charge in [0.25, 0.3) is 0 Å². The molecular formula is C14H27N3. The van der Waals surface area contributed by atoms with Crippen molar-refractivity contribution in [2.24, 2.45) is 10.9 Å². The zero-order valence-corrected chi connectivity index (χ0v) is 12.1. The van der Waals surface area contributed by atoms with E-state index in [1.807, 2.05) is 19.2 Å². The van der Waals surface area contributed by atoms with Crippen molar-refractivity contribution in [2.75, 3.05) is 20.6 Å². The maximum atomic E-state index is 4.44. The zero-order chi connectivity index (χ0) is 13.3. The summed E-state index contributed by atoms with van der Waals surface area (Å²) in [5, 5.41) is 3.37. The molecule has 98 valence electrons. The molecule has 0 amide bonds. The summed E-state index contributed by atoms with van der Waals surface area (Å²) in [5.74, 6) is 1.39. The van der Waals surface area contributed by atoms with Gasteiger partial charge in [0.2, 0.25) is 0 Å². The summed E-state index contributed by atoms with van der Waals surface area (Å²) < 4.78 is 0. The first-order valence-electron chi connectivity index (χ1n) is 6.30. The summed E-state index contributed by atoms with van der Waals surface area (Å²) in [5.41, 5.74) is 1.20. The highest BCUT2D eigenvalue weighted by Crippen LogP contribution is 2.01. The molecule has 0 heterocycles.